The van der Waals surface area contributed by atoms with Crippen LogP contribution in [0.25, 0.3) is 0 Å². The van der Waals surface area contributed by atoms with Crippen LogP contribution in [-0.2, 0) is 6.54 Å². The standard InChI is InChI=1S/C15H23N3O.2ClH/c16-7-4-8-17-15(19)14-6-3-5-13(11-14)12-18-9-1-2-10-18;;/h3,5-6,11H,1-2,4,7-10,12,16H2,(H,17,19);2*1H. The fourth-order valence-corrected chi connectivity index (χ4v) is 2.42. The molecule has 6 heteroatoms. The molecule has 21 heavy (non-hydrogen) atoms. The van der Waals surface area contributed by atoms with E-state index in [1.807, 2.05) is 18.2 Å². The lowest BCUT2D eigenvalue weighted by Crippen LogP contribution is -2.26. The van der Waals surface area contributed by atoms with Gasteiger partial charge in [0.2, 0.25) is 0 Å². The second kappa shape index (κ2) is 10.9. The first-order valence-corrected chi connectivity index (χ1v) is 7.09. The molecule has 3 N–H and O–H groups in total. The summed E-state index contributed by atoms with van der Waals surface area (Å²) in [5, 5.41) is 2.89. The number of nitrogens with zero attached hydrogens (tertiary/aromatic N) is 1. The first-order chi connectivity index (χ1) is 9.29. The van der Waals surface area contributed by atoms with Gasteiger partial charge in [0.05, 0.1) is 0 Å². The second-order valence-corrected chi connectivity index (χ2v) is 5.08. The molecule has 120 valence electrons. The quantitative estimate of drug-likeness (QED) is 0.784. The zero-order chi connectivity index (χ0) is 13.5. The molecule has 0 aromatic heterocycles. The number of amides is 1. The minimum Gasteiger partial charge on any atom is -0.352 e. The number of hydrogen-bond acceptors (Lipinski definition) is 3. The van der Waals surface area contributed by atoms with Gasteiger partial charge in [-0.25, -0.2) is 0 Å². The van der Waals surface area contributed by atoms with Crippen molar-refractivity contribution in [3.05, 3.63) is 35.4 Å². The van der Waals surface area contributed by atoms with Gasteiger partial charge in [0.1, 0.15) is 0 Å². The number of hydrogen-bond donors (Lipinski definition) is 2. The fourth-order valence-electron chi connectivity index (χ4n) is 2.42. The van der Waals surface area contributed by atoms with Crippen molar-refractivity contribution < 1.29 is 4.79 Å². The number of likely N-dealkylation sites (tertiary alicyclic amines) is 1. The van der Waals surface area contributed by atoms with E-state index in [0.717, 1.165) is 18.5 Å². The molecule has 0 atom stereocenters. The number of carbonyl (C=O) groups excluding carboxylic acids is 1. The zero-order valence-electron chi connectivity index (χ0n) is 12.2. The largest absolute Gasteiger partial charge is 0.352 e. The number of nitrogens with two attached hydrogens (primary N) is 1. The van der Waals surface area contributed by atoms with Crippen molar-refractivity contribution >= 4 is 30.7 Å². The predicted molar refractivity (Wildman–Crippen MR) is 91.5 cm³/mol. The number of halogens is 2. The van der Waals surface area contributed by atoms with Crippen LogP contribution < -0.4 is 11.1 Å². The Morgan fingerprint density at radius 3 is 2.62 bits per heavy atom. The van der Waals surface area contributed by atoms with Crippen molar-refractivity contribution in [2.45, 2.75) is 25.8 Å². The Balaban J connectivity index is 0.00000200. The molecular weight excluding hydrogens is 309 g/mol. The zero-order valence-corrected chi connectivity index (χ0v) is 13.8. The van der Waals surface area contributed by atoms with Gasteiger partial charge in [-0.3, -0.25) is 9.69 Å². The maximum atomic E-state index is 11.9. The van der Waals surface area contributed by atoms with Crippen LogP contribution in [0.5, 0.6) is 0 Å². The highest BCUT2D eigenvalue weighted by Gasteiger charge is 2.12. The van der Waals surface area contributed by atoms with Gasteiger partial charge in [-0.2, -0.15) is 0 Å². The number of benzene rings is 1. The third-order valence-corrected chi connectivity index (χ3v) is 3.46. The molecule has 0 aliphatic carbocycles. The summed E-state index contributed by atoms with van der Waals surface area (Å²) in [5.41, 5.74) is 7.37. The molecule has 1 amide bonds. The van der Waals surface area contributed by atoms with Gasteiger partial charge in [0, 0.05) is 18.7 Å². The first-order valence-electron chi connectivity index (χ1n) is 7.09. The van der Waals surface area contributed by atoms with E-state index in [1.165, 1.54) is 31.5 Å². The van der Waals surface area contributed by atoms with Gasteiger partial charge in [-0.1, -0.05) is 12.1 Å². The molecule has 0 unspecified atom stereocenters. The Morgan fingerprint density at radius 2 is 1.95 bits per heavy atom. The molecule has 2 rings (SSSR count). The maximum absolute atomic E-state index is 11.9. The summed E-state index contributed by atoms with van der Waals surface area (Å²) < 4.78 is 0. The molecule has 1 fully saturated rings. The van der Waals surface area contributed by atoms with E-state index < -0.39 is 0 Å². The van der Waals surface area contributed by atoms with Crippen LogP contribution in [0.4, 0.5) is 0 Å². The van der Waals surface area contributed by atoms with E-state index >= 15 is 0 Å². The molecule has 1 aromatic carbocycles. The van der Waals surface area contributed by atoms with Gasteiger partial charge < -0.3 is 11.1 Å². The van der Waals surface area contributed by atoms with Crippen LogP contribution >= 0.6 is 24.8 Å². The van der Waals surface area contributed by atoms with E-state index in [1.54, 1.807) is 0 Å². The molecule has 0 saturated carbocycles. The lowest BCUT2D eigenvalue weighted by atomic mass is 10.1. The Kier molecular flexibility index (Phi) is 10.4. The van der Waals surface area contributed by atoms with E-state index in [2.05, 4.69) is 16.3 Å². The lowest BCUT2D eigenvalue weighted by molar-refractivity contribution is 0.0953. The summed E-state index contributed by atoms with van der Waals surface area (Å²) >= 11 is 0. The van der Waals surface area contributed by atoms with Crippen molar-refractivity contribution in [1.29, 1.82) is 0 Å². The molecule has 1 aliphatic heterocycles. The minimum atomic E-state index is -0.00304. The van der Waals surface area contributed by atoms with Gasteiger partial charge in [-0.05, 0) is 56.6 Å². The van der Waals surface area contributed by atoms with E-state index in [4.69, 9.17) is 5.73 Å². The van der Waals surface area contributed by atoms with Crippen LogP contribution in [0, 0.1) is 0 Å². The predicted octanol–water partition coefficient (Wildman–Crippen LogP) is 2.20. The monoisotopic (exact) mass is 333 g/mol. The Labute approximate surface area is 139 Å². The van der Waals surface area contributed by atoms with Gasteiger partial charge >= 0.3 is 0 Å². The van der Waals surface area contributed by atoms with Crippen molar-refractivity contribution in [2.24, 2.45) is 5.73 Å². The number of rotatable bonds is 6. The summed E-state index contributed by atoms with van der Waals surface area (Å²) in [6, 6.07) is 7.92. The minimum absolute atomic E-state index is 0. The lowest BCUT2D eigenvalue weighted by Gasteiger charge is -2.15. The molecule has 1 heterocycles. The van der Waals surface area contributed by atoms with Crippen LogP contribution in [0.2, 0.25) is 0 Å². The summed E-state index contributed by atoms with van der Waals surface area (Å²) in [6.07, 6.45) is 3.40. The smallest absolute Gasteiger partial charge is 0.251 e. The molecular formula is C15H25Cl2N3O. The summed E-state index contributed by atoms with van der Waals surface area (Å²) in [7, 11) is 0. The third-order valence-electron chi connectivity index (χ3n) is 3.46. The molecule has 4 nitrogen and oxygen atoms in total. The molecule has 0 spiro atoms. The van der Waals surface area contributed by atoms with Gasteiger partial charge in [-0.15, -0.1) is 24.8 Å². The van der Waals surface area contributed by atoms with E-state index in [0.29, 0.717) is 13.1 Å². The SMILES string of the molecule is Cl.Cl.NCCCNC(=O)c1cccc(CN2CCCC2)c1. The summed E-state index contributed by atoms with van der Waals surface area (Å²) in [5.74, 6) is -0.00304. The van der Waals surface area contributed by atoms with Crippen molar-refractivity contribution in [1.82, 2.24) is 10.2 Å². The Hall–Kier alpha value is -0.810. The highest BCUT2D eigenvalue weighted by molar-refractivity contribution is 5.94. The van der Waals surface area contributed by atoms with E-state index in [9.17, 15) is 4.79 Å². The van der Waals surface area contributed by atoms with Crippen LogP contribution in [-0.4, -0.2) is 37.0 Å². The first kappa shape index (κ1) is 20.2. The van der Waals surface area contributed by atoms with Crippen LogP contribution in [0.15, 0.2) is 24.3 Å². The van der Waals surface area contributed by atoms with Gasteiger partial charge in [0.25, 0.3) is 5.91 Å². The van der Waals surface area contributed by atoms with Crippen LogP contribution in [0.3, 0.4) is 0 Å². The van der Waals surface area contributed by atoms with E-state index in [-0.39, 0.29) is 30.7 Å². The third kappa shape index (κ3) is 6.66. The second-order valence-electron chi connectivity index (χ2n) is 5.08. The fraction of sp³-hybridized carbons (Fsp3) is 0.533. The topological polar surface area (TPSA) is 58.4 Å². The highest BCUT2D eigenvalue weighted by Crippen LogP contribution is 2.13. The summed E-state index contributed by atoms with van der Waals surface area (Å²) in [4.78, 5) is 14.4. The molecule has 1 aliphatic rings. The molecule has 1 saturated heterocycles. The van der Waals surface area contributed by atoms with Gasteiger partial charge in [0.15, 0.2) is 0 Å². The Morgan fingerprint density at radius 1 is 1.24 bits per heavy atom. The highest BCUT2D eigenvalue weighted by atomic mass is 35.5. The van der Waals surface area contributed by atoms with Crippen molar-refractivity contribution in [2.75, 3.05) is 26.2 Å². The molecule has 1 aromatic rings. The average Bonchev–Trinajstić information content (AvgIpc) is 2.92. The Bertz CT molecular complexity index is 423. The van der Waals surface area contributed by atoms with Crippen molar-refractivity contribution in [3.8, 4) is 0 Å². The molecule has 0 radical (unpaired) electrons. The van der Waals surface area contributed by atoms with Crippen molar-refractivity contribution in [3.63, 3.8) is 0 Å². The number of nitrogens with one attached hydrogen (secondary N) is 1. The average molecular weight is 334 g/mol. The summed E-state index contributed by atoms with van der Waals surface area (Å²) in [6.45, 7) is 4.55. The van der Waals surface area contributed by atoms with Crippen LogP contribution in [0.1, 0.15) is 35.2 Å². The normalized spacial score (nSPS) is 14.1. The molecule has 0 bridgehead atoms. The maximum Gasteiger partial charge on any atom is 0.251 e. The number of carbonyl (C=O) groups is 1.